The van der Waals surface area contributed by atoms with Gasteiger partial charge < -0.3 is 10.0 Å². The number of anilines is 1. The third-order valence-electron chi connectivity index (χ3n) is 3.29. The number of Topliss-reactive ketones (excluding diaryl/α,β-unsaturated/α-hetero) is 1. The number of hydrogen-bond acceptors (Lipinski definition) is 3. The van der Waals surface area contributed by atoms with Crippen LogP contribution in [0.2, 0.25) is 0 Å². The predicted octanol–water partition coefficient (Wildman–Crippen LogP) is 1.77. The number of fused-ring (bicyclic) bond motifs is 1. The zero-order valence-corrected chi connectivity index (χ0v) is 11.4. The maximum Gasteiger partial charge on any atom is 0.310 e. The maximum atomic E-state index is 14.0. The summed E-state index contributed by atoms with van der Waals surface area (Å²) in [6.45, 7) is 4.18. The van der Waals surface area contributed by atoms with E-state index >= 15 is 0 Å². The van der Waals surface area contributed by atoms with E-state index in [0.29, 0.717) is 5.56 Å². The molecule has 1 aliphatic rings. The summed E-state index contributed by atoms with van der Waals surface area (Å²) in [5, 5.41) is 9.10. The third kappa shape index (κ3) is 2.07. The molecule has 0 aliphatic carbocycles. The first-order valence-corrected chi connectivity index (χ1v) is 6.05. The molecule has 0 aromatic heterocycles. The van der Waals surface area contributed by atoms with Gasteiger partial charge in [-0.2, -0.15) is 0 Å². The molecule has 0 saturated heterocycles. The summed E-state index contributed by atoms with van der Waals surface area (Å²) in [7, 11) is 0. The van der Waals surface area contributed by atoms with Crippen molar-refractivity contribution in [2.45, 2.75) is 20.8 Å². The van der Waals surface area contributed by atoms with Crippen LogP contribution in [0.4, 0.5) is 10.1 Å². The predicted molar refractivity (Wildman–Crippen MR) is 69.2 cm³/mol. The number of carboxylic acid groups (broad SMARTS) is 1. The zero-order chi connectivity index (χ0) is 15.2. The molecule has 1 heterocycles. The molecule has 0 radical (unpaired) electrons. The Morgan fingerprint density at radius 1 is 1.35 bits per heavy atom. The van der Waals surface area contributed by atoms with Gasteiger partial charge in [0.15, 0.2) is 0 Å². The highest BCUT2D eigenvalue weighted by Crippen LogP contribution is 2.35. The number of halogens is 1. The fourth-order valence-electron chi connectivity index (χ4n) is 2.14. The van der Waals surface area contributed by atoms with Crippen molar-refractivity contribution in [1.82, 2.24) is 0 Å². The van der Waals surface area contributed by atoms with Gasteiger partial charge in [0.2, 0.25) is 0 Å². The first-order valence-electron chi connectivity index (χ1n) is 6.05. The zero-order valence-electron chi connectivity index (χ0n) is 11.4. The molecule has 0 fully saturated rings. The largest absolute Gasteiger partial charge is 0.481 e. The molecule has 0 spiro atoms. The number of aliphatic carboxylic acids is 1. The number of nitrogens with zero attached hydrogens (tertiary/aromatic N) is 1. The minimum Gasteiger partial charge on any atom is -0.481 e. The van der Waals surface area contributed by atoms with Crippen LogP contribution in [0.3, 0.4) is 0 Å². The maximum absolute atomic E-state index is 14.0. The van der Waals surface area contributed by atoms with E-state index in [1.54, 1.807) is 6.92 Å². The fourth-order valence-corrected chi connectivity index (χ4v) is 2.14. The molecular formula is C14H14FNO4. The van der Waals surface area contributed by atoms with Crippen molar-refractivity contribution in [2.24, 2.45) is 5.41 Å². The van der Waals surface area contributed by atoms with Gasteiger partial charge in [0.1, 0.15) is 5.82 Å². The minimum atomic E-state index is -1.28. The Morgan fingerprint density at radius 3 is 2.50 bits per heavy atom. The van der Waals surface area contributed by atoms with Crippen molar-refractivity contribution in [2.75, 3.05) is 11.4 Å². The van der Waals surface area contributed by atoms with Crippen molar-refractivity contribution in [3.05, 3.63) is 29.1 Å². The SMILES string of the molecule is Cc1cc(F)c2c(c1)C(=O)C(=O)N2CC(C)(C)C(=O)O. The van der Waals surface area contributed by atoms with E-state index in [4.69, 9.17) is 5.11 Å². The van der Waals surface area contributed by atoms with Gasteiger partial charge in [0.25, 0.3) is 11.7 Å². The highest BCUT2D eigenvalue weighted by Gasteiger charge is 2.42. The van der Waals surface area contributed by atoms with Crippen LogP contribution in [0.1, 0.15) is 29.8 Å². The van der Waals surface area contributed by atoms with Gasteiger partial charge in [-0.25, -0.2) is 4.39 Å². The number of amides is 1. The number of aryl methyl sites for hydroxylation is 1. The van der Waals surface area contributed by atoms with E-state index in [9.17, 15) is 18.8 Å². The molecule has 0 bridgehead atoms. The van der Waals surface area contributed by atoms with Gasteiger partial charge in [0.05, 0.1) is 16.7 Å². The molecule has 1 amide bonds. The van der Waals surface area contributed by atoms with E-state index < -0.39 is 28.9 Å². The highest BCUT2D eigenvalue weighted by molar-refractivity contribution is 6.52. The van der Waals surface area contributed by atoms with Crippen molar-refractivity contribution < 1.29 is 23.9 Å². The Balaban J connectivity index is 2.51. The lowest BCUT2D eigenvalue weighted by atomic mass is 9.93. The standard InChI is InChI=1S/C14H14FNO4/c1-7-4-8-10(9(15)5-7)16(12(18)11(8)17)6-14(2,3)13(19)20/h4-5H,6H2,1-3H3,(H,19,20). The Kier molecular flexibility index (Phi) is 3.12. The van der Waals surface area contributed by atoms with Gasteiger partial charge in [-0.3, -0.25) is 14.4 Å². The van der Waals surface area contributed by atoms with Crippen LogP contribution in [0.15, 0.2) is 12.1 Å². The molecule has 1 aromatic carbocycles. The van der Waals surface area contributed by atoms with Crippen molar-refractivity contribution in [3.63, 3.8) is 0 Å². The van der Waals surface area contributed by atoms with Crippen LogP contribution in [-0.2, 0) is 9.59 Å². The van der Waals surface area contributed by atoms with Gasteiger partial charge in [0, 0.05) is 6.54 Å². The molecule has 1 N–H and O–H groups in total. The summed E-state index contributed by atoms with van der Waals surface area (Å²) < 4.78 is 14.0. The average molecular weight is 279 g/mol. The van der Waals surface area contributed by atoms with Crippen LogP contribution >= 0.6 is 0 Å². The smallest absolute Gasteiger partial charge is 0.310 e. The average Bonchev–Trinajstić information content (AvgIpc) is 2.54. The van der Waals surface area contributed by atoms with Crippen LogP contribution in [0, 0.1) is 18.2 Å². The summed E-state index contributed by atoms with van der Waals surface area (Å²) >= 11 is 0. The highest BCUT2D eigenvalue weighted by atomic mass is 19.1. The summed E-state index contributed by atoms with van der Waals surface area (Å²) in [4.78, 5) is 35.9. The van der Waals surface area contributed by atoms with Crippen LogP contribution in [-0.4, -0.2) is 29.3 Å². The number of carbonyl (C=O) groups excluding carboxylic acids is 2. The first kappa shape index (κ1) is 14.2. The number of carboxylic acids is 1. The van der Waals surface area contributed by atoms with Crippen LogP contribution in [0.25, 0.3) is 0 Å². The molecular weight excluding hydrogens is 265 g/mol. The molecule has 0 unspecified atom stereocenters. The molecule has 20 heavy (non-hydrogen) atoms. The first-order chi connectivity index (χ1) is 9.15. The lowest BCUT2D eigenvalue weighted by molar-refractivity contribution is -0.146. The molecule has 5 nitrogen and oxygen atoms in total. The number of hydrogen-bond donors (Lipinski definition) is 1. The minimum absolute atomic E-state index is 0.00584. The van der Waals surface area contributed by atoms with E-state index in [2.05, 4.69) is 0 Å². The van der Waals surface area contributed by atoms with E-state index in [0.717, 1.165) is 4.90 Å². The van der Waals surface area contributed by atoms with E-state index in [1.165, 1.54) is 26.0 Å². The van der Waals surface area contributed by atoms with Gasteiger partial charge in [-0.05, 0) is 38.5 Å². The van der Waals surface area contributed by atoms with Crippen molar-refractivity contribution in [1.29, 1.82) is 0 Å². The van der Waals surface area contributed by atoms with Crippen molar-refractivity contribution >= 4 is 23.3 Å². The molecule has 1 aliphatic heterocycles. The lowest BCUT2D eigenvalue weighted by Crippen LogP contribution is -2.42. The number of ketones is 1. The van der Waals surface area contributed by atoms with Gasteiger partial charge in [-0.15, -0.1) is 0 Å². The monoisotopic (exact) mass is 279 g/mol. The fraction of sp³-hybridized carbons (Fsp3) is 0.357. The van der Waals surface area contributed by atoms with E-state index in [-0.39, 0.29) is 17.8 Å². The topological polar surface area (TPSA) is 74.7 Å². The Hall–Kier alpha value is -2.24. The normalized spacial score (nSPS) is 14.7. The third-order valence-corrected chi connectivity index (χ3v) is 3.29. The Morgan fingerprint density at radius 2 is 1.95 bits per heavy atom. The van der Waals surface area contributed by atoms with Gasteiger partial charge in [-0.1, -0.05) is 0 Å². The summed E-state index contributed by atoms with van der Waals surface area (Å²) in [6.07, 6.45) is 0. The quantitative estimate of drug-likeness (QED) is 0.856. The number of carbonyl (C=O) groups is 3. The molecule has 2 rings (SSSR count). The van der Waals surface area contributed by atoms with E-state index in [1.807, 2.05) is 0 Å². The molecule has 0 atom stereocenters. The van der Waals surface area contributed by atoms with Crippen LogP contribution < -0.4 is 4.90 Å². The van der Waals surface area contributed by atoms with Gasteiger partial charge >= 0.3 is 5.97 Å². The second kappa shape index (κ2) is 4.40. The lowest BCUT2D eigenvalue weighted by Gasteiger charge is -2.26. The number of benzene rings is 1. The molecule has 0 saturated carbocycles. The van der Waals surface area contributed by atoms with Crippen molar-refractivity contribution in [3.8, 4) is 0 Å². The second-order valence-electron chi connectivity index (χ2n) is 5.55. The number of rotatable bonds is 3. The second-order valence-corrected chi connectivity index (χ2v) is 5.55. The Bertz CT molecular complexity index is 636. The summed E-state index contributed by atoms with van der Waals surface area (Å²) in [5.74, 6) is -3.51. The summed E-state index contributed by atoms with van der Waals surface area (Å²) in [6, 6.07) is 2.65. The molecule has 1 aromatic rings. The van der Waals surface area contributed by atoms with Crippen LogP contribution in [0.5, 0.6) is 0 Å². The Labute approximate surface area is 115 Å². The summed E-state index contributed by atoms with van der Waals surface area (Å²) in [5.41, 5.74) is -0.884. The molecule has 106 valence electrons. The molecule has 6 heteroatoms.